The molecule has 1 heterocycles. The minimum Gasteiger partial charge on any atom is -0.544 e. The van der Waals surface area contributed by atoms with Gasteiger partial charge in [-0.15, -0.1) is 0 Å². The highest BCUT2D eigenvalue weighted by atomic mass is 32.2. The molecule has 7 heteroatoms. The van der Waals surface area contributed by atoms with E-state index in [0.29, 0.717) is 25.4 Å². The molecule has 1 rings (SSSR count). The summed E-state index contributed by atoms with van der Waals surface area (Å²) in [6.07, 6.45) is 2.25. The Kier molecular flexibility index (Phi) is 5.76. The van der Waals surface area contributed by atoms with Gasteiger partial charge in [0, 0.05) is 19.0 Å². The van der Waals surface area contributed by atoms with Gasteiger partial charge in [0.2, 0.25) is 0 Å². The average molecular weight is 292 g/mol. The van der Waals surface area contributed by atoms with Crippen molar-refractivity contribution in [3.8, 4) is 0 Å². The van der Waals surface area contributed by atoms with Crippen molar-refractivity contribution >= 4 is 16.2 Å². The highest BCUT2D eigenvalue weighted by molar-refractivity contribution is 7.82. The Bertz CT molecular complexity index is 402. The van der Waals surface area contributed by atoms with Crippen molar-refractivity contribution in [2.45, 2.75) is 46.1 Å². The summed E-state index contributed by atoms with van der Waals surface area (Å²) in [5.74, 6) is -1.04. The molecule has 0 spiro atoms. The third-order valence-corrected chi connectivity index (χ3v) is 5.67. The molecule has 0 unspecified atom stereocenters. The number of carboxylic acid groups (broad SMARTS) is 1. The number of nitrogens with zero attached hydrogens (tertiary/aromatic N) is 1. The first-order chi connectivity index (χ1) is 8.77. The maximum Gasteiger partial charge on any atom is 0.369 e. The van der Waals surface area contributed by atoms with Gasteiger partial charge in [0.25, 0.3) is 0 Å². The molecule has 0 radical (unpaired) electrons. The molecule has 0 aromatic rings. The van der Waals surface area contributed by atoms with E-state index >= 15 is 0 Å². The summed E-state index contributed by atoms with van der Waals surface area (Å²) in [5, 5.41) is 11.1. The van der Waals surface area contributed by atoms with Gasteiger partial charge in [-0.2, -0.15) is 12.7 Å². The lowest BCUT2D eigenvalue weighted by Gasteiger charge is -2.30. The number of hydrogen-bond donors (Lipinski definition) is 1. The summed E-state index contributed by atoms with van der Waals surface area (Å²) in [7, 11) is -3.62. The second kappa shape index (κ2) is 6.67. The number of quaternary nitrogens is 1. The number of carbonyl (C=O) groups excluding carboxylic acids is 1. The lowest BCUT2D eigenvalue weighted by atomic mass is 10.0. The van der Waals surface area contributed by atoms with Crippen LogP contribution in [0.15, 0.2) is 0 Å². The van der Waals surface area contributed by atoms with E-state index in [4.69, 9.17) is 0 Å². The van der Waals surface area contributed by atoms with E-state index in [2.05, 4.69) is 6.92 Å². The van der Waals surface area contributed by atoms with Crippen LogP contribution in [0.4, 0.5) is 0 Å². The van der Waals surface area contributed by atoms with Crippen LogP contribution in [0.1, 0.15) is 40.0 Å². The van der Waals surface area contributed by atoms with E-state index in [1.54, 1.807) is 6.92 Å². The molecule has 112 valence electrons. The molecule has 1 aliphatic heterocycles. The van der Waals surface area contributed by atoms with Gasteiger partial charge in [-0.25, -0.2) is 4.72 Å². The fourth-order valence-corrected chi connectivity index (χ4v) is 3.83. The Balaban J connectivity index is 2.74. The van der Waals surface area contributed by atoms with Crippen LogP contribution in [0.25, 0.3) is 0 Å². The summed E-state index contributed by atoms with van der Waals surface area (Å²) < 4.78 is 26.8. The van der Waals surface area contributed by atoms with Crippen LogP contribution >= 0.6 is 0 Å². The van der Waals surface area contributed by atoms with E-state index in [0.717, 1.165) is 17.6 Å². The third kappa shape index (κ3) is 4.43. The first-order valence-electron chi connectivity index (χ1n) is 6.83. The molecule has 2 atom stereocenters. The predicted molar refractivity (Wildman–Crippen MR) is 69.1 cm³/mol. The number of piperidine rings is 1. The van der Waals surface area contributed by atoms with E-state index < -0.39 is 22.2 Å². The van der Waals surface area contributed by atoms with E-state index in [-0.39, 0.29) is 5.92 Å². The summed E-state index contributed by atoms with van der Waals surface area (Å²) in [5.41, 5.74) is 0. The Labute approximate surface area is 115 Å². The van der Waals surface area contributed by atoms with Crippen LogP contribution in [0.5, 0.6) is 0 Å². The highest BCUT2D eigenvalue weighted by Gasteiger charge is 2.34. The molecule has 0 saturated carbocycles. The summed E-state index contributed by atoms with van der Waals surface area (Å²) in [6.45, 7) is 6.60. The van der Waals surface area contributed by atoms with Crippen molar-refractivity contribution in [3.05, 3.63) is 0 Å². The van der Waals surface area contributed by atoms with Crippen LogP contribution in [-0.4, -0.2) is 37.8 Å². The van der Waals surface area contributed by atoms with Crippen molar-refractivity contribution in [1.29, 1.82) is 0 Å². The minimum atomic E-state index is -3.62. The SMILES string of the molecule is CC[C@H](C)[C@H]([NH2+]S(=O)(=O)N1CCC(C)CC1)C(=O)[O-]. The van der Waals surface area contributed by atoms with Crippen molar-refractivity contribution in [2.24, 2.45) is 11.8 Å². The lowest BCUT2D eigenvalue weighted by Crippen LogP contribution is -2.98. The molecule has 1 aliphatic rings. The Morgan fingerprint density at radius 2 is 1.95 bits per heavy atom. The first-order valence-corrected chi connectivity index (χ1v) is 8.34. The molecule has 0 aliphatic carbocycles. The smallest absolute Gasteiger partial charge is 0.369 e. The molecule has 0 aromatic heterocycles. The van der Waals surface area contributed by atoms with Crippen LogP contribution in [0.2, 0.25) is 0 Å². The molecule has 0 aromatic carbocycles. The number of hydrogen-bond acceptors (Lipinski definition) is 4. The molecular formula is C12H24N2O4S. The molecule has 0 bridgehead atoms. The molecule has 0 amide bonds. The predicted octanol–water partition coefficient (Wildman–Crippen LogP) is -1.31. The molecule has 6 nitrogen and oxygen atoms in total. The van der Waals surface area contributed by atoms with Gasteiger partial charge < -0.3 is 9.90 Å². The number of nitrogens with two attached hydrogens (primary N) is 1. The zero-order valence-corrected chi connectivity index (χ0v) is 12.6. The summed E-state index contributed by atoms with van der Waals surface area (Å²) in [6, 6.07) is -1.05. The first kappa shape index (κ1) is 16.4. The zero-order chi connectivity index (χ0) is 14.6. The Hall–Kier alpha value is -0.660. The fraction of sp³-hybridized carbons (Fsp3) is 0.917. The normalized spacial score (nSPS) is 22.1. The second-order valence-corrected chi connectivity index (χ2v) is 7.31. The third-order valence-electron chi connectivity index (χ3n) is 3.95. The van der Waals surface area contributed by atoms with Gasteiger partial charge in [-0.05, 0) is 25.2 Å². The topological polar surface area (TPSA) is 94.1 Å². The van der Waals surface area contributed by atoms with Gasteiger partial charge in [-0.3, -0.25) is 0 Å². The molecule has 19 heavy (non-hydrogen) atoms. The lowest BCUT2D eigenvalue weighted by molar-refractivity contribution is -0.552. The van der Waals surface area contributed by atoms with Crippen molar-refractivity contribution < 1.29 is 23.0 Å². The van der Waals surface area contributed by atoms with E-state index in [1.807, 2.05) is 6.92 Å². The van der Waals surface area contributed by atoms with Gasteiger partial charge in [-0.1, -0.05) is 20.8 Å². The van der Waals surface area contributed by atoms with Gasteiger partial charge in [0.15, 0.2) is 0 Å². The molecule has 2 N–H and O–H groups in total. The number of carbonyl (C=O) groups is 1. The monoisotopic (exact) mass is 292 g/mol. The van der Waals surface area contributed by atoms with Crippen LogP contribution in [0.3, 0.4) is 0 Å². The van der Waals surface area contributed by atoms with Gasteiger partial charge in [0.1, 0.15) is 12.0 Å². The molecular weight excluding hydrogens is 268 g/mol. The number of rotatable bonds is 6. The van der Waals surface area contributed by atoms with Crippen molar-refractivity contribution in [3.63, 3.8) is 0 Å². The molecule has 1 fully saturated rings. The fourth-order valence-electron chi connectivity index (χ4n) is 2.19. The Morgan fingerprint density at radius 1 is 1.42 bits per heavy atom. The standard InChI is InChI=1S/C12H24N2O4S/c1-4-10(3)11(12(15)16)13-19(17,18)14-7-5-9(2)6-8-14/h9-11,13H,4-8H2,1-3H3,(H,15,16)/t10-,11-/m0/s1. The zero-order valence-electron chi connectivity index (χ0n) is 11.8. The Morgan fingerprint density at radius 3 is 2.37 bits per heavy atom. The van der Waals surface area contributed by atoms with Gasteiger partial charge >= 0.3 is 10.2 Å². The largest absolute Gasteiger partial charge is 0.544 e. The van der Waals surface area contributed by atoms with Crippen LogP contribution in [-0.2, 0) is 15.0 Å². The maximum absolute atomic E-state index is 12.2. The van der Waals surface area contributed by atoms with Crippen LogP contribution in [0, 0.1) is 11.8 Å². The maximum atomic E-state index is 12.2. The van der Waals surface area contributed by atoms with Gasteiger partial charge in [0.05, 0.1) is 0 Å². The van der Waals surface area contributed by atoms with E-state index in [1.165, 1.54) is 4.31 Å². The second-order valence-electron chi connectivity index (χ2n) is 5.49. The summed E-state index contributed by atoms with van der Waals surface area (Å²) in [4.78, 5) is 11.1. The van der Waals surface area contributed by atoms with E-state index in [9.17, 15) is 18.3 Å². The quantitative estimate of drug-likeness (QED) is 0.658. The summed E-state index contributed by atoms with van der Waals surface area (Å²) >= 11 is 0. The average Bonchev–Trinajstić information content (AvgIpc) is 2.35. The van der Waals surface area contributed by atoms with Crippen molar-refractivity contribution in [1.82, 2.24) is 4.31 Å². The minimum absolute atomic E-state index is 0.247. The highest BCUT2D eigenvalue weighted by Crippen LogP contribution is 2.17. The molecule has 1 saturated heterocycles. The number of aliphatic carboxylic acids is 1. The van der Waals surface area contributed by atoms with Crippen molar-refractivity contribution in [2.75, 3.05) is 13.1 Å². The van der Waals surface area contributed by atoms with Crippen LogP contribution < -0.4 is 9.83 Å². The number of carboxylic acids is 1.